The van der Waals surface area contributed by atoms with Crippen molar-refractivity contribution in [3.8, 4) is 33.5 Å². The second-order valence-corrected chi connectivity index (χ2v) is 6.67. The molecule has 0 aliphatic heterocycles. The van der Waals surface area contributed by atoms with E-state index in [1.54, 1.807) is 0 Å². The summed E-state index contributed by atoms with van der Waals surface area (Å²) in [4.78, 5) is 0. The minimum Gasteiger partial charge on any atom is -0.201 e. The number of benzene rings is 3. The molecule has 0 saturated carbocycles. The lowest BCUT2D eigenvalue weighted by molar-refractivity contribution is -0.660. The molecule has 0 spiro atoms. The van der Waals surface area contributed by atoms with Crippen molar-refractivity contribution in [1.29, 1.82) is 0 Å². The quantitative estimate of drug-likeness (QED) is 0.415. The maximum atomic E-state index is 2.30. The third-order valence-corrected chi connectivity index (χ3v) is 4.87. The number of nitrogens with zero attached hydrogens (tertiary/aromatic N) is 1. The Balaban J connectivity index is 1.80. The molecule has 1 aromatic heterocycles. The van der Waals surface area contributed by atoms with E-state index in [0.29, 0.717) is 0 Å². The lowest BCUT2D eigenvalue weighted by atomic mass is 9.95. The molecule has 0 aliphatic carbocycles. The summed E-state index contributed by atoms with van der Waals surface area (Å²) in [7, 11) is 2.09. The SMILES string of the molecule is Cc1ccc(-c2cccc(-c3ccccc3)c2)cc1-c1cccc[n+]1C. The molecule has 1 heterocycles. The van der Waals surface area contributed by atoms with E-state index in [9.17, 15) is 0 Å². The van der Waals surface area contributed by atoms with Crippen LogP contribution in [0.5, 0.6) is 0 Å². The Hall–Kier alpha value is -3.19. The lowest BCUT2D eigenvalue weighted by Gasteiger charge is -2.10. The Kier molecular flexibility index (Phi) is 4.37. The molecule has 126 valence electrons. The zero-order valence-electron chi connectivity index (χ0n) is 15.2. The van der Waals surface area contributed by atoms with E-state index < -0.39 is 0 Å². The molecule has 3 aromatic carbocycles. The summed E-state index contributed by atoms with van der Waals surface area (Å²) in [5, 5.41) is 0. The maximum Gasteiger partial charge on any atom is 0.212 e. The minimum atomic E-state index is 1.23. The van der Waals surface area contributed by atoms with Crippen molar-refractivity contribution in [2.45, 2.75) is 6.92 Å². The molecule has 1 heteroatoms. The van der Waals surface area contributed by atoms with Gasteiger partial charge in [-0.3, -0.25) is 0 Å². The molecule has 4 rings (SSSR count). The highest BCUT2D eigenvalue weighted by atomic mass is 14.9. The fourth-order valence-electron chi connectivity index (χ4n) is 3.39. The predicted molar refractivity (Wildman–Crippen MR) is 109 cm³/mol. The standard InChI is InChI=1S/C25H22N/c1-19-14-15-23(18-24(19)25-13-6-7-16-26(25)2)22-12-8-11-21(17-22)20-9-4-3-5-10-20/h3-18H,1-2H3/q+1. The molecular formula is C25H22N+. The fraction of sp³-hybridized carbons (Fsp3) is 0.0800. The average Bonchev–Trinajstić information content (AvgIpc) is 2.70. The summed E-state index contributed by atoms with van der Waals surface area (Å²) in [6.07, 6.45) is 2.09. The van der Waals surface area contributed by atoms with Gasteiger partial charge < -0.3 is 0 Å². The van der Waals surface area contributed by atoms with E-state index in [0.717, 1.165) is 0 Å². The van der Waals surface area contributed by atoms with Gasteiger partial charge in [0.2, 0.25) is 5.69 Å². The first-order chi connectivity index (χ1) is 12.7. The van der Waals surface area contributed by atoms with Gasteiger partial charge in [-0.2, -0.15) is 0 Å². The van der Waals surface area contributed by atoms with Crippen LogP contribution in [0.15, 0.2) is 97.2 Å². The molecular weight excluding hydrogens is 314 g/mol. The zero-order valence-corrected chi connectivity index (χ0v) is 15.2. The molecule has 0 aliphatic rings. The van der Waals surface area contributed by atoms with Crippen LogP contribution in [0, 0.1) is 6.92 Å². The number of hydrogen-bond donors (Lipinski definition) is 0. The van der Waals surface area contributed by atoms with Crippen molar-refractivity contribution < 1.29 is 4.57 Å². The average molecular weight is 336 g/mol. The Morgan fingerprint density at radius 3 is 2.00 bits per heavy atom. The first-order valence-electron chi connectivity index (χ1n) is 8.94. The smallest absolute Gasteiger partial charge is 0.201 e. The minimum absolute atomic E-state index is 1.23. The predicted octanol–water partition coefficient (Wildman–Crippen LogP) is 5.82. The van der Waals surface area contributed by atoms with Crippen LogP contribution in [0.3, 0.4) is 0 Å². The normalized spacial score (nSPS) is 10.7. The first-order valence-corrected chi connectivity index (χ1v) is 8.94. The van der Waals surface area contributed by atoms with Crippen molar-refractivity contribution in [1.82, 2.24) is 0 Å². The van der Waals surface area contributed by atoms with E-state index >= 15 is 0 Å². The van der Waals surface area contributed by atoms with Gasteiger partial charge in [0.25, 0.3) is 0 Å². The van der Waals surface area contributed by atoms with Gasteiger partial charge in [0.05, 0.1) is 0 Å². The molecule has 0 amide bonds. The number of rotatable bonds is 3. The van der Waals surface area contributed by atoms with Gasteiger partial charge in [0.15, 0.2) is 6.20 Å². The van der Waals surface area contributed by atoms with Crippen LogP contribution >= 0.6 is 0 Å². The topological polar surface area (TPSA) is 3.88 Å². The van der Waals surface area contributed by atoms with Crippen LogP contribution in [-0.4, -0.2) is 0 Å². The van der Waals surface area contributed by atoms with Crippen molar-refractivity contribution in [2.24, 2.45) is 7.05 Å². The van der Waals surface area contributed by atoms with Gasteiger partial charge >= 0.3 is 0 Å². The molecule has 0 unspecified atom stereocenters. The van der Waals surface area contributed by atoms with Gasteiger partial charge in [0, 0.05) is 17.7 Å². The molecule has 4 aromatic rings. The second-order valence-electron chi connectivity index (χ2n) is 6.67. The van der Waals surface area contributed by atoms with E-state index in [4.69, 9.17) is 0 Å². The number of pyridine rings is 1. The second kappa shape index (κ2) is 6.97. The summed E-state index contributed by atoms with van der Waals surface area (Å²) in [5.74, 6) is 0. The first kappa shape index (κ1) is 16.3. The number of aromatic nitrogens is 1. The largest absolute Gasteiger partial charge is 0.212 e. The van der Waals surface area contributed by atoms with Crippen LogP contribution in [-0.2, 0) is 7.05 Å². The molecule has 0 atom stereocenters. The van der Waals surface area contributed by atoms with Crippen LogP contribution in [0.25, 0.3) is 33.5 Å². The highest BCUT2D eigenvalue weighted by molar-refractivity contribution is 5.76. The molecule has 0 bridgehead atoms. The maximum absolute atomic E-state index is 2.30. The van der Waals surface area contributed by atoms with Gasteiger partial charge in [-0.05, 0) is 52.9 Å². The third-order valence-electron chi connectivity index (χ3n) is 4.87. The van der Waals surface area contributed by atoms with Crippen molar-refractivity contribution in [3.63, 3.8) is 0 Å². The molecule has 26 heavy (non-hydrogen) atoms. The molecule has 0 radical (unpaired) electrons. The van der Waals surface area contributed by atoms with E-state index in [1.807, 2.05) is 0 Å². The third kappa shape index (κ3) is 3.16. The Morgan fingerprint density at radius 2 is 1.23 bits per heavy atom. The summed E-state index contributed by atoms with van der Waals surface area (Å²) < 4.78 is 2.17. The molecule has 0 N–H and O–H groups in total. The molecule has 1 nitrogen and oxygen atoms in total. The highest BCUT2D eigenvalue weighted by Gasteiger charge is 2.13. The number of hydrogen-bond acceptors (Lipinski definition) is 0. The van der Waals surface area contributed by atoms with Crippen LogP contribution < -0.4 is 4.57 Å². The van der Waals surface area contributed by atoms with Crippen molar-refractivity contribution in [3.05, 3.63) is 103 Å². The van der Waals surface area contributed by atoms with Gasteiger partial charge in [0.1, 0.15) is 7.05 Å². The van der Waals surface area contributed by atoms with E-state index in [2.05, 4.69) is 116 Å². The van der Waals surface area contributed by atoms with Gasteiger partial charge in [-0.15, -0.1) is 0 Å². The van der Waals surface area contributed by atoms with Gasteiger partial charge in [-0.1, -0.05) is 60.7 Å². The zero-order chi connectivity index (χ0) is 17.9. The van der Waals surface area contributed by atoms with Crippen LogP contribution in [0.4, 0.5) is 0 Å². The van der Waals surface area contributed by atoms with Crippen LogP contribution in [0.1, 0.15) is 5.56 Å². The van der Waals surface area contributed by atoms with Gasteiger partial charge in [-0.25, -0.2) is 4.57 Å². The lowest BCUT2D eigenvalue weighted by Crippen LogP contribution is -2.30. The Morgan fingerprint density at radius 1 is 0.577 bits per heavy atom. The summed E-state index contributed by atoms with van der Waals surface area (Å²) in [6, 6.07) is 32.4. The number of aryl methyl sites for hydroxylation is 2. The Bertz CT molecular complexity index is 1050. The molecule has 0 fully saturated rings. The van der Waals surface area contributed by atoms with Crippen molar-refractivity contribution in [2.75, 3.05) is 0 Å². The summed E-state index contributed by atoms with van der Waals surface area (Å²) >= 11 is 0. The van der Waals surface area contributed by atoms with Crippen molar-refractivity contribution >= 4 is 0 Å². The highest BCUT2D eigenvalue weighted by Crippen LogP contribution is 2.30. The van der Waals surface area contributed by atoms with E-state index in [-0.39, 0.29) is 0 Å². The fourth-order valence-corrected chi connectivity index (χ4v) is 3.39. The summed E-state index contributed by atoms with van der Waals surface area (Å²) in [5.41, 5.74) is 8.77. The Labute approximate surface area is 155 Å². The summed E-state index contributed by atoms with van der Waals surface area (Å²) in [6.45, 7) is 2.17. The van der Waals surface area contributed by atoms with E-state index in [1.165, 1.54) is 39.1 Å². The monoisotopic (exact) mass is 336 g/mol. The van der Waals surface area contributed by atoms with Crippen LogP contribution in [0.2, 0.25) is 0 Å². The molecule has 0 saturated heterocycles.